The van der Waals surface area contributed by atoms with Gasteiger partial charge in [-0.1, -0.05) is 18.2 Å². The van der Waals surface area contributed by atoms with E-state index in [9.17, 15) is 9.90 Å². The lowest BCUT2D eigenvalue weighted by atomic mass is 9.95. The molecule has 1 aromatic carbocycles. The Morgan fingerprint density at radius 3 is 2.95 bits per heavy atom. The molecule has 0 fully saturated rings. The first-order valence-electron chi connectivity index (χ1n) is 7.86. The van der Waals surface area contributed by atoms with Crippen LogP contribution in [-0.2, 0) is 11.2 Å². The number of hydrogen-bond acceptors (Lipinski definition) is 3. The molecule has 2 aromatic rings. The molecule has 3 heterocycles. The van der Waals surface area contributed by atoms with Crippen molar-refractivity contribution in [2.75, 3.05) is 13.7 Å². The highest BCUT2D eigenvalue weighted by atomic mass is 16.5. The molecule has 5 heteroatoms. The van der Waals surface area contributed by atoms with Gasteiger partial charge in [0.05, 0.1) is 18.7 Å². The van der Waals surface area contributed by atoms with E-state index in [4.69, 9.17) is 4.74 Å². The van der Waals surface area contributed by atoms with Gasteiger partial charge < -0.3 is 14.4 Å². The Kier molecular flexibility index (Phi) is 3.11. The van der Waals surface area contributed by atoms with Crippen LogP contribution in [0.25, 0.3) is 10.9 Å². The molecule has 4 rings (SSSR count). The molecule has 1 aromatic heterocycles. The monoisotopic (exact) mass is 300 g/mol. The second kappa shape index (κ2) is 5.02. The van der Waals surface area contributed by atoms with Crippen molar-refractivity contribution in [2.24, 2.45) is 0 Å². The minimum atomic E-state index is -0.517. The van der Waals surface area contributed by atoms with E-state index in [1.165, 1.54) is 18.1 Å². The smallest absolute Gasteiger partial charge is 0.410 e. The molecule has 116 valence electrons. The van der Waals surface area contributed by atoms with Crippen LogP contribution in [0.4, 0.5) is 4.79 Å². The Bertz CT molecular complexity index is 737. The Hall–Kier alpha value is -2.01. The van der Waals surface area contributed by atoms with Crippen molar-refractivity contribution in [1.29, 1.82) is 0 Å². The van der Waals surface area contributed by atoms with E-state index in [-0.39, 0.29) is 12.1 Å². The average Bonchev–Trinajstić information content (AvgIpc) is 2.78. The lowest BCUT2D eigenvalue weighted by molar-refractivity contribution is 0.0909. The van der Waals surface area contributed by atoms with Gasteiger partial charge in [0.2, 0.25) is 0 Å². The summed E-state index contributed by atoms with van der Waals surface area (Å²) < 4.78 is 7.00. The normalized spacial score (nSPS) is 24.0. The number of carbonyl (C=O) groups excluding carboxylic acids is 1. The van der Waals surface area contributed by atoms with Crippen LogP contribution < -0.4 is 0 Å². The van der Waals surface area contributed by atoms with Gasteiger partial charge in [-0.2, -0.15) is 0 Å². The highest BCUT2D eigenvalue weighted by Gasteiger charge is 2.38. The summed E-state index contributed by atoms with van der Waals surface area (Å²) in [6, 6.07) is 8.21. The van der Waals surface area contributed by atoms with Crippen LogP contribution in [0.15, 0.2) is 24.3 Å². The predicted octanol–water partition coefficient (Wildman–Crippen LogP) is 2.98. The molecule has 2 aliphatic rings. The maximum absolute atomic E-state index is 12.1. The second-order valence-electron chi connectivity index (χ2n) is 6.09. The average molecular weight is 300 g/mol. The molecule has 2 aliphatic heterocycles. The SMILES string of the molecule is COC(=O)N1CCc2c3n(c4ccccc24)[C@@H](O)CCC[C@@H]31. The zero-order valence-electron chi connectivity index (χ0n) is 12.7. The topological polar surface area (TPSA) is 54.7 Å². The number of methoxy groups -OCH3 is 1. The summed E-state index contributed by atoms with van der Waals surface area (Å²) in [6.07, 6.45) is 2.50. The molecule has 1 N–H and O–H groups in total. The van der Waals surface area contributed by atoms with Crippen LogP contribution in [0.5, 0.6) is 0 Å². The van der Waals surface area contributed by atoms with Crippen LogP contribution >= 0.6 is 0 Å². The molecule has 0 saturated heterocycles. The van der Waals surface area contributed by atoms with E-state index >= 15 is 0 Å². The van der Waals surface area contributed by atoms with Crippen molar-refractivity contribution < 1.29 is 14.6 Å². The van der Waals surface area contributed by atoms with Crippen LogP contribution in [0.2, 0.25) is 0 Å². The number of carbonyl (C=O) groups is 1. The van der Waals surface area contributed by atoms with Gasteiger partial charge >= 0.3 is 6.09 Å². The Morgan fingerprint density at radius 1 is 1.32 bits per heavy atom. The van der Waals surface area contributed by atoms with Gasteiger partial charge in [-0.3, -0.25) is 4.90 Å². The van der Waals surface area contributed by atoms with Crippen LogP contribution in [-0.4, -0.2) is 34.3 Å². The molecule has 0 bridgehead atoms. The molecule has 0 spiro atoms. The van der Waals surface area contributed by atoms with Crippen LogP contribution in [0.1, 0.15) is 42.8 Å². The maximum atomic E-state index is 12.1. The van der Waals surface area contributed by atoms with Crippen LogP contribution in [0, 0.1) is 0 Å². The summed E-state index contributed by atoms with van der Waals surface area (Å²) in [7, 11) is 1.43. The van der Waals surface area contributed by atoms with Gasteiger partial charge in [0.15, 0.2) is 0 Å². The summed E-state index contributed by atoms with van der Waals surface area (Å²) in [4.78, 5) is 13.9. The number of aliphatic hydroxyl groups is 1. The number of para-hydroxylation sites is 1. The molecule has 0 radical (unpaired) electrons. The van der Waals surface area contributed by atoms with Crippen molar-refractivity contribution in [1.82, 2.24) is 9.47 Å². The lowest BCUT2D eigenvalue weighted by Crippen LogP contribution is -2.40. The van der Waals surface area contributed by atoms with Crippen LogP contribution in [0.3, 0.4) is 0 Å². The van der Waals surface area contributed by atoms with E-state index < -0.39 is 6.23 Å². The van der Waals surface area contributed by atoms with Gasteiger partial charge in [0.1, 0.15) is 6.23 Å². The molecule has 22 heavy (non-hydrogen) atoms. The largest absolute Gasteiger partial charge is 0.453 e. The predicted molar refractivity (Wildman–Crippen MR) is 82.6 cm³/mol. The number of fused-ring (bicyclic) bond motifs is 3. The van der Waals surface area contributed by atoms with Gasteiger partial charge in [-0.25, -0.2) is 4.79 Å². The molecule has 2 atom stereocenters. The third-order valence-electron chi connectivity index (χ3n) is 5.00. The van der Waals surface area contributed by atoms with Crippen molar-refractivity contribution in [3.63, 3.8) is 0 Å². The van der Waals surface area contributed by atoms with Crippen molar-refractivity contribution in [3.05, 3.63) is 35.5 Å². The molecule has 0 unspecified atom stereocenters. The summed E-state index contributed by atoms with van der Waals surface area (Å²) in [5.41, 5.74) is 3.45. The molecule has 0 aliphatic carbocycles. The molecular weight excluding hydrogens is 280 g/mol. The number of nitrogens with zero attached hydrogens (tertiary/aromatic N) is 2. The third-order valence-corrected chi connectivity index (χ3v) is 5.00. The fourth-order valence-electron chi connectivity index (χ4n) is 4.08. The number of hydrogen-bond donors (Lipinski definition) is 1. The quantitative estimate of drug-likeness (QED) is 0.814. The Morgan fingerprint density at radius 2 is 2.14 bits per heavy atom. The van der Waals surface area contributed by atoms with E-state index in [2.05, 4.69) is 12.1 Å². The van der Waals surface area contributed by atoms with E-state index in [0.29, 0.717) is 6.54 Å². The van der Waals surface area contributed by atoms with E-state index in [1.54, 1.807) is 0 Å². The van der Waals surface area contributed by atoms with Crippen molar-refractivity contribution in [2.45, 2.75) is 38.0 Å². The summed E-state index contributed by atoms with van der Waals surface area (Å²) in [6.45, 7) is 0.675. The first-order valence-corrected chi connectivity index (χ1v) is 7.86. The van der Waals surface area contributed by atoms with Gasteiger partial charge in [-0.15, -0.1) is 0 Å². The number of aliphatic hydroxyl groups excluding tert-OH is 1. The van der Waals surface area contributed by atoms with E-state index in [0.717, 1.165) is 36.9 Å². The van der Waals surface area contributed by atoms with E-state index in [1.807, 2.05) is 21.6 Å². The second-order valence-corrected chi connectivity index (χ2v) is 6.09. The fraction of sp³-hybridized carbons (Fsp3) is 0.471. The fourth-order valence-corrected chi connectivity index (χ4v) is 4.08. The first-order chi connectivity index (χ1) is 10.7. The number of rotatable bonds is 0. The maximum Gasteiger partial charge on any atom is 0.410 e. The third kappa shape index (κ3) is 1.78. The van der Waals surface area contributed by atoms with Gasteiger partial charge in [0.25, 0.3) is 0 Å². The Balaban J connectivity index is 1.97. The molecule has 5 nitrogen and oxygen atoms in total. The zero-order chi connectivity index (χ0) is 15.3. The zero-order valence-corrected chi connectivity index (χ0v) is 12.7. The van der Waals surface area contributed by atoms with Crippen molar-refractivity contribution in [3.8, 4) is 0 Å². The molecular formula is C17H20N2O3. The number of benzene rings is 1. The Labute approximate surface area is 129 Å². The summed E-state index contributed by atoms with van der Waals surface area (Å²) in [5, 5.41) is 11.8. The van der Waals surface area contributed by atoms with Gasteiger partial charge in [0, 0.05) is 17.6 Å². The van der Waals surface area contributed by atoms with Gasteiger partial charge in [-0.05, 0) is 37.3 Å². The summed E-state index contributed by atoms with van der Waals surface area (Å²) in [5.74, 6) is 0. The number of aromatic nitrogens is 1. The highest BCUT2D eigenvalue weighted by molar-refractivity contribution is 5.87. The molecule has 0 saturated carbocycles. The number of ether oxygens (including phenoxy) is 1. The minimum Gasteiger partial charge on any atom is -0.453 e. The molecule has 1 amide bonds. The summed E-state index contributed by atoms with van der Waals surface area (Å²) >= 11 is 0. The first kappa shape index (κ1) is 13.6. The minimum absolute atomic E-state index is 0.000694. The lowest BCUT2D eigenvalue weighted by Gasteiger charge is -2.35. The standard InChI is InChI=1S/C17H20N2O3/c1-22-17(21)18-10-9-12-11-5-2-3-6-13(11)19-15(20)8-4-7-14(18)16(12)19/h2-3,5-6,14-15,20H,4,7-10H2,1H3/t14-,15-/m0/s1. The number of amides is 1. The highest BCUT2D eigenvalue weighted by Crippen LogP contribution is 2.43. The van der Waals surface area contributed by atoms with Crippen molar-refractivity contribution >= 4 is 17.0 Å².